The van der Waals surface area contributed by atoms with E-state index in [4.69, 9.17) is 8.83 Å². The van der Waals surface area contributed by atoms with Gasteiger partial charge in [0, 0.05) is 18.5 Å². The monoisotopic (exact) mass is 359 g/mol. The second-order valence-corrected chi connectivity index (χ2v) is 7.67. The zero-order valence-electron chi connectivity index (χ0n) is 13.6. The molecule has 0 unspecified atom stereocenters. The van der Waals surface area contributed by atoms with E-state index in [9.17, 15) is 8.42 Å². The summed E-state index contributed by atoms with van der Waals surface area (Å²) in [5.74, 6) is 1.21. The van der Waals surface area contributed by atoms with Crippen LogP contribution < -0.4 is 4.31 Å². The number of hydrogen-bond acceptors (Lipinski definition) is 6. The van der Waals surface area contributed by atoms with Gasteiger partial charge >= 0.3 is 0 Å². The lowest BCUT2D eigenvalue weighted by Gasteiger charge is -2.21. The smallest absolute Gasteiger partial charge is 0.297 e. The van der Waals surface area contributed by atoms with Crippen LogP contribution in [0.2, 0.25) is 0 Å². The molecule has 0 bridgehead atoms. The summed E-state index contributed by atoms with van der Waals surface area (Å²) >= 11 is 0. The van der Waals surface area contributed by atoms with Crippen LogP contribution in [0.15, 0.2) is 56.6 Å². The van der Waals surface area contributed by atoms with Crippen LogP contribution in [0.5, 0.6) is 0 Å². The molecule has 1 fully saturated rings. The molecular formula is C17H17N3O4S. The van der Waals surface area contributed by atoms with Crippen LogP contribution >= 0.6 is 0 Å². The number of aromatic nitrogens is 2. The summed E-state index contributed by atoms with van der Waals surface area (Å²) < 4.78 is 38.0. The molecule has 1 aliphatic carbocycles. The summed E-state index contributed by atoms with van der Waals surface area (Å²) in [6, 6.07) is 10.3. The zero-order valence-corrected chi connectivity index (χ0v) is 14.4. The van der Waals surface area contributed by atoms with Gasteiger partial charge in [-0.15, -0.1) is 10.2 Å². The minimum absolute atomic E-state index is 0.153. The molecule has 1 aliphatic rings. The third kappa shape index (κ3) is 2.93. The van der Waals surface area contributed by atoms with Crippen LogP contribution in [0.1, 0.15) is 31.6 Å². The molecule has 0 spiro atoms. The number of benzene rings is 1. The number of furan rings is 1. The third-order valence-corrected chi connectivity index (χ3v) is 5.84. The first-order chi connectivity index (χ1) is 12.1. The van der Waals surface area contributed by atoms with Gasteiger partial charge in [-0.3, -0.25) is 4.31 Å². The molecule has 0 aliphatic heterocycles. The number of para-hydroxylation sites is 1. The van der Waals surface area contributed by atoms with E-state index in [0.717, 1.165) is 12.8 Å². The van der Waals surface area contributed by atoms with Crippen LogP contribution in [-0.2, 0) is 10.0 Å². The molecule has 1 aromatic carbocycles. The number of hydrogen-bond donors (Lipinski definition) is 0. The molecule has 2 heterocycles. The first kappa shape index (κ1) is 15.9. The predicted octanol–water partition coefficient (Wildman–Crippen LogP) is 3.42. The van der Waals surface area contributed by atoms with Gasteiger partial charge in [0.15, 0.2) is 0 Å². The second-order valence-electron chi connectivity index (χ2n) is 5.88. The Labute approximate surface area is 145 Å². The molecule has 4 rings (SSSR count). The first-order valence-electron chi connectivity index (χ1n) is 8.09. The number of nitrogens with zero attached hydrogens (tertiary/aromatic N) is 3. The number of anilines is 1. The van der Waals surface area contributed by atoms with Gasteiger partial charge in [-0.1, -0.05) is 18.2 Å². The molecule has 25 heavy (non-hydrogen) atoms. The third-order valence-electron chi connectivity index (χ3n) is 4.07. The topological polar surface area (TPSA) is 89.4 Å². The highest BCUT2D eigenvalue weighted by molar-refractivity contribution is 7.92. The summed E-state index contributed by atoms with van der Waals surface area (Å²) in [5, 5.41) is 7.83. The molecular weight excluding hydrogens is 342 g/mol. The Balaban J connectivity index is 1.65. The Morgan fingerprint density at radius 2 is 1.96 bits per heavy atom. The number of rotatable bonds is 6. The molecule has 130 valence electrons. The minimum Gasteiger partial charge on any atom is -0.450 e. The van der Waals surface area contributed by atoms with Crippen molar-refractivity contribution in [2.75, 3.05) is 10.8 Å². The van der Waals surface area contributed by atoms with Gasteiger partial charge in [0.05, 0.1) is 11.3 Å². The maximum Gasteiger partial charge on any atom is 0.297 e. The van der Waals surface area contributed by atoms with E-state index < -0.39 is 10.0 Å². The van der Waals surface area contributed by atoms with Gasteiger partial charge in [0.25, 0.3) is 15.9 Å². The van der Waals surface area contributed by atoms with Gasteiger partial charge in [-0.05, 0) is 31.9 Å². The Morgan fingerprint density at radius 3 is 2.64 bits per heavy atom. The lowest BCUT2D eigenvalue weighted by molar-refractivity contribution is 0.448. The van der Waals surface area contributed by atoms with Crippen molar-refractivity contribution in [3.8, 4) is 11.5 Å². The van der Waals surface area contributed by atoms with Crippen LogP contribution in [0.25, 0.3) is 11.5 Å². The van der Waals surface area contributed by atoms with Crippen molar-refractivity contribution in [3.63, 3.8) is 0 Å². The second kappa shape index (κ2) is 6.03. The molecule has 7 nitrogen and oxygen atoms in total. The van der Waals surface area contributed by atoms with E-state index in [-0.39, 0.29) is 17.5 Å². The van der Waals surface area contributed by atoms with Crippen LogP contribution in [-0.4, -0.2) is 25.2 Å². The summed E-state index contributed by atoms with van der Waals surface area (Å²) in [7, 11) is -3.81. The molecule has 8 heteroatoms. The van der Waals surface area contributed by atoms with E-state index in [1.165, 1.54) is 16.6 Å². The largest absolute Gasteiger partial charge is 0.450 e. The highest BCUT2D eigenvalue weighted by Crippen LogP contribution is 2.40. The first-order valence-corrected chi connectivity index (χ1v) is 9.53. The molecule has 0 saturated heterocycles. The Hall–Kier alpha value is -2.61. The Bertz CT molecular complexity index is 974. The van der Waals surface area contributed by atoms with Gasteiger partial charge in [-0.25, -0.2) is 0 Å². The van der Waals surface area contributed by atoms with E-state index in [1.54, 1.807) is 31.2 Å². The van der Waals surface area contributed by atoms with Crippen molar-refractivity contribution in [2.45, 2.75) is 30.8 Å². The van der Waals surface area contributed by atoms with Gasteiger partial charge in [0.2, 0.25) is 11.0 Å². The minimum atomic E-state index is -3.81. The lowest BCUT2D eigenvalue weighted by Crippen LogP contribution is -2.30. The number of sulfonamides is 1. The molecule has 0 atom stereocenters. The fourth-order valence-corrected chi connectivity index (χ4v) is 4.01. The normalized spacial score (nSPS) is 14.6. The van der Waals surface area contributed by atoms with Crippen molar-refractivity contribution in [1.82, 2.24) is 10.2 Å². The average molecular weight is 359 g/mol. The molecule has 0 radical (unpaired) electrons. The van der Waals surface area contributed by atoms with Gasteiger partial charge in [0.1, 0.15) is 6.26 Å². The predicted molar refractivity (Wildman–Crippen MR) is 90.6 cm³/mol. The molecule has 0 N–H and O–H groups in total. The van der Waals surface area contributed by atoms with Gasteiger partial charge in [-0.2, -0.15) is 8.42 Å². The maximum atomic E-state index is 12.9. The van der Waals surface area contributed by atoms with Crippen molar-refractivity contribution < 1.29 is 17.3 Å². The summed E-state index contributed by atoms with van der Waals surface area (Å²) in [5.41, 5.74) is 1.04. The van der Waals surface area contributed by atoms with E-state index >= 15 is 0 Å². The summed E-state index contributed by atoms with van der Waals surface area (Å²) in [4.78, 5) is 0. The fraction of sp³-hybridized carbons (Fsp3) is 0.294. The Morgan fingerprint density at radius 1 is 1.20 bits per heavy atom. The van der Waals surface area contributed by atoms with Crippen molar-refractivity contribution in [1.29, 1.82) is 0 Å². The fourth-order valence-electron chi connectivity index (χ4n) is 2.60. The molecule has 3 aromatic rings. The van der Waals surface area contributed by atoms with Gasteiger partial charge < -0.3 is 8.83 Å². The molecule has 2 aromatic heterocycles. The maximum absolute atomic E-state index is 12.9. The lowest BCUT2D eigenvalue weighted by atomic mass is 10.3. The highest BCUT2D eigenvalue weighted by Gasteiger charge is 2.31. The highest BCUT2D eigenvalue weighted by atomic mass is 32.2. The molecule has 0 amide bonds. The van der Waals surface area contributed by atoms with Crippen LogP contribution in [0, 0.1) is 0 Å². The average Bonchev–Trinajstić information content (AvgIpc) is 3.13. The van der Waals surface area contributed by atoms with Crippen molar-refractivity contribution >= 4 is 15.7 Å². The quantitative estimate of drug-likeness (QED) is 0.670. The zero-order chi connectivity index (χ0) is 17.4. The summed E-state index contributed by atoms with van der Waals surface area (Å²) in [6.07, 6.45) is 3.43. The van der Waals surface area contributed by atoms with Crippen molar-refractivity contribution in [2.24, 2.45) is 0 Å². The van der Waals surface area contributed by atoms with Crippen LogP contribution in [0.3, 0.4) is 0 Å². The Kier molecular flexibility index (Phi) is 3.84. The SMILES string of the molecule is CCN(c1ccccc1)S(=O)(=O)c1cc(-c2nnc(C3CC3)o2)co1. The van der Waals surface area contributed by atoms with E-state index in [2.05, 4.69) is 10.2 Å². The standard InChI is InChI=1S/C17H17N3O4S/c1-2-20(14-6-4-3-5-7-14)25(21,22)15-10-13(11-23-15)17-19-18-16(24-17)12-8-9-12/h3-7,10-12H,2,8-9H2,1H3. The molecule has 1 saturated carbocycles. The van der Waals surface area contributed by atoms with Crippen LogP contribution in [0.4, 0.5) is 5.69 Å². The van der Waals surface area contributed by atoms with Crippen molar-refractivity contribution in [3.05, 3.63) is 48.6 Å². The van der Waals surface area contributed by atoms with E-state index in [1.807, 2.05) is 6.07 Å². The summed E-state index contributed by atoms with van der Waals surface area (Å²) in [6.45, 7) is 2.06. The van der Waals surface area contributed by atoms with E-state index in [0.29, 0.717) is 23.1 Å².